The standard InChI is InChI=1S/C24H31N3O3.ClH/c1-26-20-11-9-18(13-21(20)27(2)24(26)28)16-30-22-12-10-17(14-23(22)29-3)15-25-19-7-5-4-6-8-19;/h9-14,19,25H,4-8,15-16H2,1-3H3;1H/p-1. The van der Waals surface area contributed by atoms with Crippen molar-refractivity contribution in [2.24, 2.45) is 14.1 Å². The molecule has 1 heterocycles. The smallest absolute Gasteiger partial charge is 0.328 e. The molecule has 0 radical (unpaired) electrons. The lowest BCUT2D eigenvalue weighted by Crippen LogP contribution is -3.00. The summed E-state index contributed by atoms with van der Waals surface area (Å²) in [6.07, 6.45) is 6.57. The minimum atomic E-state index is -0.0258. The van der Waals surface area contributed by atoms with Crippen LogP contribution in [0.2, 0.25) is 0 Å². The molecule has 3 aromatic rings. The van der Waals surface area contributed by atoms with Crippen molar-refractivity contribution in [1.29, 1.82) is 0 Å². The number of fused-ring (bicyclic) bond motifs is 1. The Morgan fingerprint density at radius 2 is 1.65 bits per heavy atom. The van der Waals surface area contributed by atoms with Crippen LogP contribution in [-0.2, 0) is 27.2 Å². The number of ether oxygens (including phenoxy) is 2. The number of aryl methyl sites for hydroxylation is 2. The van der Waals surface area contributed by atoms with E-state index in [0.29, 0.717) is 12.6 Å². The molecule has 1 N–H and O–H groups in total. The fourth-order valence-electron chi connectivity index (χ4n) is 4.31. The lowest BCUT2D eigenvalue weighted by atomic mass is 9.95. The van der Waals surface area contributed by atoms with Gasteiger partial charge in [0.05, 0.1) is 18.1 Å². The van der Waals surface area contributed by atoms with Crippen LogP contribution in [0, 0.1) is 0 Å². The van der Waals surface area contributed by atoms with Crippen molar-refractivity contribution in [1.82, 2.24) is 14.5 Å². The maximum atomic E-state index is 12.1. The van der Waals surface area contributed by atoms with Crippen molar-refractivity contribution in [2.45, 2.75) is 51.3 Å². The van der Waals surface area contributed by atoms with Gasteiger partial charge in [-0.3, -0.25) is 9.13 Å². The van der Waals surface area contributed by atoms with E-state index < -0.39 is 0 Å². The highest BCUT2D eigenvalue weighted by Gasteiger charge is 2.14. The van der Waals surface area contributed by atoms with E-state index in [-0.39, 0.29) is 18.1 Å². The fourth-order valence-corrected chi connectivity index (χ4v) is 4.31. The molecule has 0 aliphatic heterocycles. The Morgan fingerprint density at radius 1 is 0.935 bits per heavy atom. The Hall–Kier alpha value is -2.44. The molecule has 1 aromatic heterocycles. The number of imidazole rings is 1. The molecule has 1 aliphatic carbocycles. The minimum absolute atomic E-state index is 0. The summed E-state index contributed by atoms with van der Waals surface area (Å²) in [5.74, 6) is 1.46. The van der Waals surface area contributed by atoms with E-state index in [0.717, 1.165) is 34.6 Å². The van der Waals surface area contributed by atoms with Crippen LogP contribution in [0.3, 0.4) is 0 Å². The molecule has 31 heavy (non-hydrogen) atoms. The summed E-state index contributed by atoms with van der Waals surface area (Å²) in [7, 11) is 5.25. The van der Waals surface area contributed by atoms with Gasteiger partial charge >= 0.3 is 5.69 Å². The molecule has 0 bridgehead atoms. The van der Waals surface area contributed by atoms with Crippen LogP contribution in [0.1, 0.15) is 43.2 Å². The van der Waals surface area contributed by atoms with E-state index in [9.17, 15) is 4.79 Å². The molecule has 1 aliphatic rings. The number of aromatic nitrogens is 2. The summed E-state index contributed by atoms with van der Waals surface area (Å²) in [5, 5.41) is 3.67. The zero-order chi connectivity index (χ0) is 21.1. The molecule has 0 unspecified atom stereocenters. The van der Waals surface area contributed by atoms with Gasteiger partial charge in [-0.2, -0.15) is 0 Å². The van der Waals surface area contributed by atoms with Crippen LogP contribution in [0.4, 0.5) is 0 Å². The summed E-state index contributed by atoms with van der Waals surface area (Å²) < 4.78 is 14.9. The second-order valence-electron chi connectivity index (χ2n) is 8.21. The highest BCUT2D eigenvalue weighted by molar-refractivity contribution is 5.76. The van der Waals surface area contributed by atoms with Gasteiger partial charge in [0.1, 0.15) is 6.61 Å². The third kappa shape index (κ3) is 5.08. The van der Waals surface area contributed by atoms with Crippen LogP contribution in [-0.4, -0.2) is 22.3 Å². The van der Waals surface area contributed by atoms with Crippen molar-refractivity contribution in [2.75, 3.05) is 7.11 Å². The van der Waals surface area contributed by atoms with Crippen LogP contribution >= 0.6 is 0 Å². The topological polar surface area (TPSA) is 57.4 Å². The Balaban J connectivity index is 0.00000272. The second-order valence-corrected chi connectivity index (χ2v) is 8.21. The summed E-state index contributed by atoms with van der Waals surface area (Å²) in [6.45, 7) is 1.26. The summed E-state index contributed by atoms with van der Waals surface area (Å²) in [5.41, 5.74) is 4.00. The first-order valence-electron chi connectivity index (χ1n) is 10.7. The van der Waals surface area contributed by atoms with E-state index >= 15 is 0 Å². The number of nitrogens with one attached hydrogen (secondary N) is 1. The molecule has 2 aromatic carbocycles. The molecule has 1 saturated carbocycles. The van der Waals surface area contributed by atoms with Gasteiger partial charge in [0.15, 0.2) is 11.5 Å². The maximum Gasteiger partial charge on any atom is 0.328 e. The zero-order valence-electron chi connectivity index (χ0n) is 18.5. The average molecular weight is 445 g/mol. The highest BCUT2D eigenvalue weighted by atomic mass is 35.5. The van der Waals surface area contributed by atoms with Gasteiger partial charge in [0.2, 0.25) is 0 Å². The summed E-state index contributed by atoms with van der Waals surface area (Å²) >= 11 is 0. The Labute approximate surface area is 189 Å². The first-order valence-corrected chi connectivity index (χ1v) is 10.7. The molecule has 0 spiro atoms. The quantitative estimate of drug-likeness (QED) is 0.588. The average Bonchev–Trinajstić information content (AvgIpc) is 3.00. The zero-order valence-corrected chi connectivity index (χ0v) is 19.2. The van der Waals surface area contributed by atoms with E-state index in [4.69, 9.17) is 9.47 Å². The normalized spacial score (nSPS) is 14.4. The van der Waals surface area contributed by atoms with E-state index in [1.165, 1.54) is 37.7 Å². The number of halogens is 1. The molecule has 7 heteroatoms. The molecular formula is C24H31ClN3O3-. The van der Waals surface area contributed by atoms with Gasteiger partial charge in [0.25, 0.3) is 0 Å². The third-order valence-corrected chi connectivity index (χ3v) is 6.16. The largest absolute Gasteiger partial charge is 1.00 e. The number of hydrogen-bond acceptors (Lipinski definition) is 4. The SMILES string of the molecule is COc1cc(CNC2CCCCC2)ccc1OCc1ccc2c(c1)n(C)c(=O)n2C.[Cl-]. The van der Waals surface area contributed by atoms with E-state index in [1.807, 2.05) is 24.3 Å². The second kappa shape index (κ2) is 10.2. The Bertz CT molecular complexity index is 1080. The fraction of sp³-hybridized carbons (Fsp3) is 0.458. The van der Waals surface area contributed by atoms with E-state index in [1.54, 1.807) is 30.3 Å². The number of hydrogen-bond donors (Lipinski definition) is 1. The van der Waals surface area contributed by atoms with Crippen molar-refractivity contribution in [3.63, 3.8) is 0 Å². The first-order chi connectivity index (χ1) is 14.6. The predicted molar refractivity (Wildman–Crippen MR) is 119 cm³/mol. The molecule has 6 nitrogen and oxygen atoms in total. The summed E-state index contributed by atoms with van der Waals surface area (Å²) in [6, 6.07) is 12.7. The molecule has 1 fully saturated rings. The maximum absolute atomic E-state index is 12.1. The van der Waals surface area contributed by atoms with Gasteiger partial charge in [-0.15, -0.1) is 0 Å². The van der Waals surface area contributed by atoms with Gasteiger partial charge in [-0.05, 0) is 48.2 Å². The molecule has 0 saturated heterocycles. The van der Waals surface area contributed by atoms with Crippen LogP contribution in [0.25, 0.3) is 11.0 Å². The Morgan fingerprint density at radius 3 is 2.39 bits per heavy atom. The number of rotatable bonds is 7. The van der Waals surface area contributed by atoms with Crippen molar-refractivity contribution in [3.05, 3.63) is 58.0 Å². The van der Waals surface area contributed by atoms with Gasteiger partial charge in [0, 0.05) is 26.7 Å². The number of nitrogens with zero attached hydrogens (tertiary/aromatic N) is 2. The molecular weight excluding hydrogens is 414 g/mol. The molecule has 0 atom stereocenters. The number of benzene rings is 2. The Kier molecular flexibility index (Phi) is 7.68. The lowest BCUT2D eigenvalue weighted by molar-refractivity contribution is -0.00000692. The van der Waals surface area contributed by atoms with Crippen molar-refractivity contribution in [3.8, 4) is 11.5 Å². The van der Waals surface area contributed by atoms with Crippen LogP contribution in [0.5, 0.6) is 11.5 Å². The van der Waals surface area contributed by atoms with Gasteiger partial charge < -0.3 is 27.2 Å². The molecule has 0 amide bonds. The predicted octanol–water partition coefficient (Wildman–Crippen LogP) is 0.891. The highest BCUT2D eigenvalue weighted by Crippen LogP contribution is 2.29. The monoisotopic (exact) mass is 444 g/mol. The van der Waals surface area contributed by atoms with Gasteiger partial charge in [-0.1, -0.05) is 31.4 Å². The van der Waals surface area contributed by atoms with Crippen molar-refractivity contribution < 1.29 is 21.9 Å². The minimum Gasteiger partial charge on any atom is -1.00 e. The number of methoxy groups -OCH3 is 1. The van der Waals surface area contributed by atoms with Crippen LogP contribution in [0.15, 0.2) is 41.2 Å². The van der Waals surface area contributed by atoms with Crippen molar-refractivity contribution >= 4 is 11.0 Å². The van der Waals surface area contributed by atoms with Crippen LogP contribution < -0.4 is 32.9 Å². The third-order valence-electron chi connectivity index (χ3n) is 6.16. The van der Waals surface area contributed by atoms with Gasteiger partial charge in [-0.25, -0.2) is 4.79 Å². The lowest BCUT2D eigenvalue weighted by Gasteiger charge is -2.23. The van der Waals surface area contributed by atoms with E-state index in [2.05, 4.69) is 17.4 Å². The molecule has 4 rings (SSSR count). The first kappa shape index (κ1) is 23.2. The molecule has 168 valence electrons. The summed E-state index contributed by atoms with van der Waals surface area (Å²) in [4.78, 5) is 12.1.